The lowest BCUT2D eigenvalue weighted by atomic mass is 9.93. The number of carbonyl (C=O) groups excluding carboxylic acids is 1. The van der Waals surface area contributed by atoms with Crippen molar-refractivity contribution in [2.75, 3.05) is 13.1 Å². The lowest BCUT2D eigenvalue weighted by Gasteiger charge is -2.34. The second-order valence-electron chi connectivity index (χ2n) is 5.43. The molecule has 1 unspecified atom stereocenters. The molecule has 0 aromatic carbocycles. The van der Waals surface area contributed by atoms with Crippen LogP contribution >= 0.6 is 0 Å². The van der Waals surface area contributed by atoms with Crippen LogP contribution in [0.3, 0.4) is 0 Å². The summed E-state index contributed by atoms with van der Waals surface area (Å²) in [6, 6.07) is 2.05. The molecule has 0 aliphatic carbocycles. The Morgan fingerprint density at radius 2 is 2.24 bits per heavy atom. The van der Waals surface area contributed by atoms with Gasteiger partial charge in [0.15, 0.2) is 0 Å². The third kappa shape index (κ3) is 4.10. The van der Waals surface area contributed by atoms with Crippen molar-refractivity contribution in [2.45, 2.75) is 39.7 Å². The maximum absolute atomic E-state index is 11.8. The van der Waals surface area contributed by atoms with E-state index in [9.17, 15) is 4.79 Å². The first-order valence-electron chi connectivity index (χ1n) is 5.90. The molecule has 4 nitrogen and oxygen atoms in total. The molecule has 0 radical (unpaired) electrons. The molecule has 0 N–H and O–H groups in total. The number of hydrogen-bond acceptors (Lipinski definition) is 3. The van der Waals surface area contributed by atoms with Gasteiger partial charge in [0.1, 0.15) is 5.60 Å². The van der Waals surface area contributed by atoms with Gasteiger partial charge in [0.05, 0.1) is 6.07 Å². The van der Waals surface area contributed by atoms with Crippen molar-refractivity contribution in [3.05, 3.63) is 11.6 Å². The predicted octanol–water partition coefficient (Wildman–Crippen LogP) is 2.71. The summed E-state index contributed by atoms with van der Waals surface area (Å²) in [6.45, 7) is 8.87. The van der Waals surface area contributed by atoms with Crippen LogP contribution in [-0.2, 0) is 4.74 Å². The number of carbonyl (C=O) groups is 1. The van der Waals surface area contributed by atoms with Gasteiger partial charge in [0.25, 0.3) is 0 Å². The quantitative estimate of drug-likeness (QED) is 0.608. The Morgan fingerprint density at radius 3 is 2.71 bits per heavy atom. The minimum Gasteiger partial charge on any atom is -0.444 e. The van der Waals surface area contributed by atoms with Crippen molar-refractivity contribution in [3.63, 3.8) is 0 Å². The highest BCUT2D eigenvalue weighted by Crippen LogP contribution is 2.23. The van der Waals surface area contributed by atoms with Crippen LogP contribution in [0.4, 0.5) is 4.79 Å². The fourth-order valence-electron chi connectivity index (χ4n) is 1.84. The Balaban J connectivity index is 2.59. The molecule has 0 bridgehead atoms. The van der Waals surface area contributed by atoms with E-state index in [0.29, 0.717) is 13.1 Å². The largest absolute Gasteiger partial charge is 0.444 e. The fraction of sp³-hybridized carbons (Fsp3) is 0.692. The lowest BCUT2D eigenvalue weighted by molar-refractivity contribution is 0.0208. The zero-order valence-corrected chi connectivity index (χ0v) is 11.0. The Labute approximate surface area is 103 Å². The molecule has 1 amide bonds. The van der Waals surface area contributed by atoms with Crippen molar-refractivity contribution in [1.29, 1.82) is 5.26 Å². The van der Waals surface area contributed by atoms with Crippen molar-refractivity contribution in [1.82, 2.24) is 4.90 Å². The number of likely N-dealkylation sites (tertiary alicyclic amines) is 1. The monoisotopic (exact) mass is 236 g/mol. The third-order valence-corrected chi connectivity index (χ3v) is 2.70. The van der Waals surface area contributed by atoms with Gasteiger partial charge >= 0.3 is 6.09 Å². The minimum atomic E-state index is -0.455. The molecule has 1 heterocycles. The topological polar surface area (TPSA) is 53.3 Å². The standard InChI is InChI=1S/C13H20N2O2/c1-10-9-15(8-6-11(10)5-7-14)12(16)17-13(2,3)4/h5,10H,6,8-9H2,1-4H3/b11-5+. The van der Waals surface area contributed by atoms with Crippen LogP contribution < -0.4 is 0 Å². The molecule has 0 saturated carbocycles. The lowest BCUT2D eigenvalue weighted by Crippen LogP contribution is -2.43. The molecule has 0 aromatic heterocycles. The van der Waals surface area contributed by atoms with Crippen molar-refractivity contribution in [3.8, 4) is 6.07 Å². The zero-order chi connectivity index (χ0) is 13.1. The number of rotatable bonds is 0. The number of allylic oxidation sites excluding steroid dienone is 1. The van der Waals surface area contributed by atoms with Crippen LogP contribution in [0.1, 0.15) is 34.1 Å². The summed E-state index contributed by atoms with van der Waals surface area (Å²) in [6.07, 6.45) is 2.09. The van der Waals surface area contributed by atoms with E-state index in [4.69, 9.17) is 10.00 Å². The first kappa shape index (κ1) is 13.6. The average molecular weight is 236 g/mol. The van der Waals surface area contributed by atoms with Crippen LogP contribution in [0.2, 0.25) is 0 Å². The SMILES string of the molecule is CC1CN(C(=O)OC(C)(C)C)CC/C1=C\C#N. The van der Waals surface area contributed by atoms with E-state index in [-0.39, 0.29) is 12.0 Å². The molecule has 4 heteroatoms. The maximum atomic E-state index is 11.8. The highest BCUT2D eigenvalue weighted by Gasteiger charge is 2.27. The van der Waals surface area contributed by atoms with E-state index in [1.165, 1.54) is 0 Å². The van der Waals surface area contributed by atoms with Gasteiger partial charge in [-0.15, -0.1) is 0 Å². The molecular weight excluding hydrogens is 216 g/mol. The summed E-state index contributed by atoms with van der Waals surface area (Å²) in [5.74, 6) is 0.232. The summed E-state index contributed by atoms with van der Waals surface area (Å²) in [5.41, 5.74) is 0.663. The molecule has 0 spiro atoms. The van der Waals surface area contributed by atoms with Gasteiger partial charge in [0.2, 0.25) is 0 Å². The second-order valence-corrected chi connectivity index (χ2v) is 5.43. The molecule has 1 aliphatic rings. The Bertz CT molecular complexity index is 361. The molecule has 0 aromatic rings. The van der Waals surface area contributed by atoms with Crippen LogP contribution in [0.15, 0.2) is 11.6 Å². The Morgan fingerprint density at radius 1 is 1.59 bits per heavy atom. The van der Waals surface area contributed by atoms with Crippen LogP contribution in [-0.4, -0.2) is 29.7 Å². The van der Waals surface area contributed by atoms with Crippen LogP contribution in [0.25, 0.3) is 0 Å². The van der Waals surface area contributed by atoms with E-state index in [1.807, 2.05) is 27.7 Å². The van der Waals surface area contributed by atoms with Gasteiger partial charge in [-0.05, 0) is 33.1 Å². The van der Waals surface area contributed by atoms with Gasteiger partial charge in [-0.25, -0.2) is 4.79 Å². The molecule has 17 heavy (non-hydrogen) atoms. The molecule has 1 fully saturated rings. The van der Waals surface area contributed by atoms with E-state index in [2.05, 4.69) is 6.07 Å². The van der Waals surface area contributed by atoms with Crippen LogP contribution in [0, 0.1) is 17.2 Å². The molecule has 1 atom stereocenters. The van der Waals surface area contributed by atoms with Gasteiger partial charge < -0.3 is 9.64 Å². The van der Waals surface area contributed by atoms with Crippen molar-refractivity contribution >= 4 is 6.09 Å². The van der Waals surface area contributed by atoms with Gasteiger partial charge in [0, 0.05) is 19.2 Å². The summed E-state index contributed by atoms with van der Waals surface area (Å²) in [7, 11) is 0. The molecular formula is C13H20N2O2. The fourth-order valence-corrected chi connectivity index (χ4v) is 1.84. The predicted molar refractivity (Wildman–Crippen MR) is 65.3 cm³/mol. The Hall–Kier alpha value is -1.50. The maximum Gasteiger partial charge on any atom is 0.410 e. The highest BCUT2D eigenvalue weighted by atomic mass is 16.6. The number of amides is 1. The summed E-state index contributed by atoms with van der Waals surface area (Å²) >= 11 is 0. The van der Waals surface area contributed by atoms with E-state index in [0.717, 1.165) is 12.0 Å². The molecule has 1 saturated heterocycles. The van der Waals surface area contributed by atoms with E-state index in [1.54, 1.807) is 11.0 Å². The minimum absolute atomic E-state index is 0.232. The van der Waals surface area contributed by atoms with Gasteiger partial charge in [-0.1, -0.05) is 12.5 Å². The first-order chi connectivity index (χ1) is 7.83. The zero-order valence-electron chi connectivity index (χ0n) is 11.0. The number of nitriles is 1. The van der Waals surface area contributed by atoms with Gasteiger partial charge in [-0.3, -0.25) is 0 Å². The van der Waals surface area contributed by atoms with E-state index >= 15 is 0 Å². The highest BCUT2D eigenvalue weighted by molar-refractivity contribution is 5.68. The average Bonchev–Trinajstić information content (AvgIpc) is 2.18. The van der Waals surface area contributed by atoms with Gasteiger partial charge in [-0.2, -0.15) is 5.26 Å². The molecule has 94 valence electrons. The van der Waals surface area contributed by atoms with Crippen LogP contribution in [0.5, 0.6) is 0 Å². The molecule has 1 aliphatic heterocycles. The first-order valence-corrected chi connectivity index (χ1v) is 5.90. The molecule has 1 rings (SSSR count). The smallest absolute Gasteiger partial charge is 0.410 e. The summed E-state index contributed by atoms with van der Waals surface area (Å²) in [5, 5.41) is 8.63. The number of hydrogen-bond donors (Lipinski definition) is 0. The normalized spacial score (nSPS) is 23.4. The number of piperidine rings is 1. The van der Waals surface area contributed by atoms with Crippen molar-refractivity contribution < 1.29 is 9.53 Å². The van der Waals surface area contributed by atoms with Crippen molar-refractivity contribution in [2.24, 2.45) is 5.92 Å². The number of ether oxygens (including phenoxy) is 1. The summed E-state index contributed by atoms with van der Waals surface area (Å²) in [4.78, 5) is 13.6. The Kier molecular flexibility index (Phi) is 4.17. The summed E-state index contributed by atoms with van der Waals surface area (Å²) < 4.78 is 5.32. The third-order valence-electron chi connectivity index (χ3n) is 2.70. The van der Waals surface area contributed by atoms with E-state index < -0.39 is 5.60 Å². The second kappa shape index (κ2) is 5.22. The number of nitrogens with zero attached hydrogens (tertiary/aromatic N) is 2.